The van der Waals surface area contributed by atoms with Crippen LogP contribution in [0.1, 0.15) is 90.4 Å². The molecule has 0 N–H and O–H groups in total. The van der Waals surface area contributed by atoms with Crippen LogP contribution < -0.4 is 0 Å². The molecule has 0 heterocycles. The highest BCUT2D eigenvalue weighted by Crippen LogP contribution is 2.11. The standard InChI is InChI=1S/C18H35NO2/c1-3-4-5-6-7-8-9-10-11-12-13-14-16-19-17-15-18(20)21-2/h17H,3-16H2,1-2H3. The molecule has 0 saturated carbocycles. The van der Waals surface area contributed by atoms with Crippen LogP contribution in [0.25, 0.3) is 0 Å². The summed E-state index contributed by atoms with van der Waals surface area (Å²) in [6, 6.07) is 0. The summed E-state index contributed by atoms with van der Waals surface area (Å²) < 4.78 is 4.54. The Hall–Kier alpha value is -0.860. The van der Waals surface area contributed by atoms with Gasteiger partial charge in [-0.25, -0.2) is 0 Å². The fraction of sp³-hybridized carbons (Fsp3) is 0.889. The molecule has 0 atom stereocenters. The van der Waals surface area contributed by atoms with Crippen molar-refractivity contribution in [3.05, 3.63) is 0 Å². The van der Waals surface area contributed by atoms with Crippen molar-refractivity contribution in [3.63, 3.8) is 0 Å². The van der Waals surface area contributed by atoms with Crippen LogP contribution in [0.5, 0.6) is 0 Å². The molecule has 0 aromatic heterocycles. The van der Waals surface area contributed by atoms with Gasteiger partial charge < -0.3 is 4.74 Å². The van der Waals surface area contributed by atoms with Gasteiger partial charge in [0.15, 0.2) is 0 Å². The summed E-state index contributed by atoms with van der Waals surface area (Å²) in [5.41, 5.74) is 0. The minimum atomic E-state index is -0.214. The van der Waals surface area contributed by atoms with E-state index < -0.39 is 0 Å². The van der Waals surface area contributed by atoms with Crippen molar-refractivity contribution in [3.8, 4) is 0 Å². The summed E-state index contributed by atoms with van der Waals surface area (Å²) >= 11 is 0. The smallest absolute Gasteiger partial charge is 0.310 e. The third-order valence-corrected chi connectivity index (χ3v) is 3.76. The molecule has 0 aliphatic rings. The second kappa shape index (κ2) is 17.2. The number of aliphatic imine (C=N–C) groups is 1. The van der Waals surface area contributed by atoms with E-state index >= 15 is 0 Å². The number of unbranched alkanes of at least 4 members (excludes halogenated alkanes) is 11. The van der Waals surface area contributed by atoms with E-state index in [-0.39, 0.29) is 5.97 Å². The molecule has 21 heavy (non-hydrogen) atoms. The van der Waals surface area contributed by atoms with Gasteiger partial charge in [0, 0.05) is 12.8 Å². The average molecular weight is 297 g/mol. The van der Waals surface area contributed by atoms with Gasteiger partial charge in [0.2, 0.25) is 0 Å². The third kappa shape index (κ3) is 17.1. The van der Waals surface area contributed by atoms with E-state index in [1.165, 1.54) is 77.7 Å². The summed E-state index contributed by atoms with van der Waals surface area (Å²) in [6.07, 6.45) is 18.3. The van der Waals surface area contributed by atoms with Crippen LogP contribution in [-0.4, -0.2) is 25.8 Å². The number of esters is 1. The number of hydrogen-bond acceptors (Lipinski definition) is 3. The third-order valence-electron chi connectivity index (χ3n) is 3.76. The summed E-state index contributed by atoms with van der Waals surface area (Å²) in [5, 5.41) is 0. The van der Waals surface area contributed by atoms with Crippen molar-refractivity contribution in [2.75, 3.05) is 13.7 Å². The van der Waals surface area contributed by atoms with Crippen LogP contribution >= 0.6 is 0 Å². The van der Waals surface area contributed by atoms with Crippen LogP contribution in [0.15, 0.2) is 4.99 Å². The minimum Gasteiger partial charge on any atom is -0.469 e. The second-order valence-corrected chi connectivity index (χ2v) is 5.76. The Kier molecular flexibility index (Phi) is 16.5. The molecule has 3 heteroatoms. The molecule has 0 aromatic carbocycles. The van der Waals surface area contributed by atoms with Gasteiger partial charge in [-0.2, -0.15) is 0 Å². The lowest BCUT2D eigenvalue weighted by Crippen LogP contribution is -2.00. The fourth-order valence-electron chi connectivity index (χ4n) is 2.36. The quantitative estimate of drug-likeness (QED) is 0.233. The second-order valence-electron chi connectivity index (χ2n) is 5.76. The maximum absolute atomic E-state index is 10.8. The summed E-state index contributed by atoms with van der Waals surface area (Å²) in [6.45, 7) is 3.11. The van der Waals surface area contributed by atoms with Crippen LogP contribution in [0.3, 0.4) is 0 Å². The van der Waals surface area contributed by atoms with Crippen LogP contribution in [0, 0.1) is 0 Å². The van der Waals surface area contributed by atoms with Crippen LogP contribution in [-0.2, 0) is 9.53 Å². The predicted molar refractivity (Wildman–Crippen MR) is 91.1 cm³/mol. The molecule has 0 amide bonds. The zero-order chi connectivity index (χ0) is 15.6. The number of nitrogens with zero attached hydrogens (tertiary/aromatic N) is 1. The van der Waals surface area contributed by atoms with Crippen molar-refractivity contribution >= 4 is 12.2 Å². The van der Waals surface area contributed by atoms with E-state index in [4.69, 9.17) is 0 Å². The summed E-state index contributed by atoms with van der Waals surface area (Å²) in [7, 11) is 1.40. The topological polar surface area (TPSA) is 38.7 Å². The van der Waals surface area contributed by atoms with Gasteiger partial charge in [-0.15, -0.1) is 0 Å². The van der Waals surface area contributed by atoms with E-state index in [1.807, 2.05) is 0 Å². The molecule has 0 saturated heterocycles. The molecular formula is C18H35NO2. The SMILES string of the molecule is CCCCCCCCCCCCCCN=CCC(=O)OC. The van der Waals surface area contributed by atoms with Gasteiger partial charge in [0.1, 0.15) is 0 Å². The molecule has 3 nitrogen and oxygen atoms in total. The van der Waals surface area contributed by atoms with E-state index in [9.17, 15) is 4.79 Å². The maximum Gasteiger partial charge on any atom is 0.310 e. The summed E-state index contributed by atoms with van der Waals surface area (Å²) in [5.74, 6) is -0.214. The molecule has 0 aliphatic carbocycles. The Morgan fingerprint density at radius 2 is 1.33 bits per heavy atom. The van der Waals surface area contributed by atoms with E-state index in [2.05, 4.69) is 16.7 Å². The lowest BCUT2D eigenvalue weighted by atomic mass is 10.1. The molecule has 0 spiro atoms. The Balaban J connectivity index is 3.07. The van der Waals surface area contributed by atoms with Gasteiger partial charge in [-0.3, -0.25) is 9.79 Å². The first kappa shape index (κ1) is 20.1. The molecular weight excluding hydrogens is 262 g/mol. The van der Waals surface area contributed by atoms with E-state index in [1.54, 1.807) is 6.21 Å². The zero-order valence-electron chi connectivity index (χ0n) is 14.2. The molecule has 0 aliphatic heterocycles. The van der Waals surface area contributed by atoms with Crippen LogP contribution in [0.4, 0.5) is 0 Å². The van der Waals surface area contributed by atoms with Crippen molar-refractivity contribution in [1.29, 1.82) is 0 Å². The number of methoxy groups -OCH3 is 1. The fourth-order valence-corrected chi connectivity index (χ4v) is 2.36. The zero-order valence-corrected chi connectivity index (χ0v) is 14.2. The minimum absolute atomic E-state index is 0.214. The highest BCUT2D eigenvalue weighted by Gasteiger charge is 1.95. The van der Waals surface area contributed by atoms with Gasteiger partial charge in [-0.05, 0) is 6.42 Å². The first-order chi connectivity index (χ1) is 10.3. The lowest BCUT2D eigenvalue weighted by molar-refractivity contribution is -0.139. The number of carbonyl (C=O) groups excluding carboxylic acids is 1. The Labute approximate surface area is 131 Å². The molecule has 124 valence electrons. The molecule has 0 aromatic rings. The predicted octanol–water partition coefficient (Wildman–Crippen LogP) is 5.32. The molecule has 0 rings (SSSR count). The molecule has 0 bridgehead atoms. The van der Waals surface area contributed by atoms with Crippen molar-refractivity contribution < 1.29 is 9.53 Å². The Bertz CT molecular complexity index is 252. The van der Waals surface area contributed by atoms with Gasteiger partial charge in [0.05, 0.1) is 13.5 Å². The molecule has 0 fully saturated rings. The molecule has 0 unspecified atom stereocenters. The van der Waals surface area contributed by atoms with Gasteiger partial charge >= 0.3 is 5.97 Å². The highest BCUT2D eigenvalue weighted by molar-refractivity contribution is 5.85. The molecule has 0 radical (unpaired) electrons. The average Bonchev–Trinajstić information content (AvgIpc) is 2.50. The van der Waals surface area contributed by atoms with E-state index in [0.717, 1.165) is 13.0 Å². The monoisotopic (exact) mass is 297 g/mol. The van der Waals surface area contributed by atoms with Gasteiger partial charge in [-0.1, -0.05) is 77.6 Å². The maximum atomic E-state index is 10.8. The lowest BCUT2D eigenvalue weighted by Gasteiger charge is -2.02. The van der Waals surface area contributed by atoms with Gasteiger partial charge in [0.25, 0.3) is 0 Å². The van der Waals surface area contributed by atoms with Crippen LogP contribution in [0.2, 0.25) is 0 Å². The normalized spacial score (nSPS) is 11.1. The Morgan fingerprint density at radius 1 is 0.857 bits per heavy atom. The van der Waals surface area contributed by atoms with Crippen molar-refractivity contribution in [2.45, 2.75) is 90.4 Å². The number of rotatable bonds is 15. The number of ether oxygens (including phenoxy) is 1. The van der Waals surface area contributed by atoms with E-state index in [0.29, 0.717) is 6.42 Å². The highest BCUT2D eigenvalue weighted by atomic mass is 16.5. The largest absolute Gasteiger partial charge is 0.469 e. The Morgan fingerprint density at radius 3 is 1.81 bits per heavy atom. The number of carbonyl (C=O) groups is 1. The van der Waals surface area contributed by atoms with Crippen molar-refractivity contribution in [1.82, 2.24) is 0 Å². The first-order valence-corrected chi connectivity index (χ1v) is 8.86. The first-order valence-electron chi connectivity index (χ1n) is 8.86. The summed E-state index contributed by atoms with van der Waals surface area (Å²) in [4.78, 5) is 15.0. The number of hydrogen-bond donors (Lipinski definition) is 0. The van der Waals surface area contributed by atoms with Crippen molar-refractivity contribution in [2.24, 2.45) is 4.99 Å².